The molecule has 0 fully saturated rings. The van der Waals surface area contributed by atoms with E-state index < -0.39 is 0 Å². The van der Waals surface area contributed by atoms with Crippen molar-refractivity contribution in [1.82, 2.24) is 0 Å². The molecule has 118 valence electrons. The Bertz CT molecular complexity index is 768. The van der Waals surface area contributed by atoms with Gasteiger partial charge in [-0.1, -0.05) is 6.07 Å². The Morgan fingerprint density at radius 1 is 0.957 bits per heavy atom. The minimum Gasteiger partial charge on any atom is -0.497 e. The zero-order valence-electron chi connectivity index (χ0n) is 12.7. The van der Waals surface area contributed by atoms with Crippen LogP contribution in [0.2, 0.25) is 0 Å². The number of rotatable bonds is 2. The Labute approximate surface area is 133 Å². The fourth-order valence-corrected chi connectivity index (χ4v) is 2.91. The molecule has 0 N–H and O–H groups in total. The molecule has 0 amide bonds. The molecule has 0 aliphatic carbocycles. The first-order chi connectivity index (χ1) is 11.3. The molecule has 0 radical (unpaired) electrons. The minimum absolute atomic E-state index is 0.0468. The number of carbonyl (C=O) groups excluding carboxylic acids is 1. The molecule has 23 heavy (non-hydrogen) atoms. The Kier molecular flexibility index (Phi) is 3.33. The summed E-state index contributed by atoms with van der Waals surface area (Å²) in [7, 11) is 1.59. The van der Waals surface area contributed by atoms with Gasteiger partial charge in [-0.25, -0.2) is 0 Å². The summed E-state index contributed by atoms with van der Waals surface area (Å²) >= 11 is 0. The van der Waals surface area contributed by atoms with E-state index in [1.54, 1.807) is 25.3 Å². The molecule has 0 aromatic heterocycles. The van der Waals surface area contributed by atoms with Crippen LogP contribution in [-0.4, -0.2) is 32.7 Å². The number of methoxy groups -OCH3 is 1. The number of benzene rings is 2. The van der Waals surface area contributed by atoms with Gasteiger partial charge < -0.3 is 18.9 Å². The van der Waals surface area contributed by atoms with Crippen molar-refractivity contribution >= 4 is 5.78 Å². The van der Waals surface area contributed by atoms with E-state index in [0.717, 1.165) is 5.56 Å². The second-order valence-electron chi connectivity index (χ2n) is 5.49. The summed E-state index contributed by atoms with van der Waals surface area (Å²) in [4.78, 5) is 12.8. The predicted octanol–water partition coefficient (Wildman–Crippen LogP) is 2.83. The Hall–Kier alpha value is -2.69. The van der Waals surface area contributed by atoms with Gasteiger partial charge in [-0.2, -0.15) is 0 Å². The molecule has 2 aliphatic heterocycles. The maximum atomic E-state index is 12.8. The summed E-state index contributed by atoms with van der Waals surface area (Å²) in [5.74, 6) is 2.35. The van der Waals surface area contributed by atoms with Gasteiger partial charge in [0.05, 0.1) is 18.6 Å². The lowest BCUT2D eigenvalue weighted by Crippen LogP contribution is -2.26. The fourth-order valence-electron chi connectivity index (χ4n) is 2.91. The first-order valence-electron chi connectivity index (χ1n) is 7.51. The van der Waals surface area contributed by atoms with Crippen LogP contribution in [0.4, 0.5) is 0 Å². The van der Waals surface area contributed by atoms with Crippen molar-refractivity contribution in [3.05, 3.63) is 47.5 Å². The monoisotopic (exact) mass is 312 g/mol. The number of fused-ring (bicyclic) bond motifs is 2. The van der Waals surface area contributed by atoms with E-state index in [1.165, 1.54) is 0 Å². The van der Waals surface area contributed by atoms with Crippen molar-refractivity contribution in [1.29, 1.82) is 0 Å². The van der Waals surface area contributed by atoms with Gasteiger partial charge in [0.1, 0.15) is 31.3 Å². The van der Waals surface area contributed by atoms with Crippen LogP contribution in [0.5, 0.6) is 23.0 Å². The second-order valence-corrected chi connectivity index (χ2v) is 5.49. The molecule has 4 rings (SSSR count). The summed E-state index contributed by atoms with van der Waals surface area (Å²) in [6, 6.07) is 10.9. The molecular formula is C18H16O5. The summed E-state index contributed by atoms with van der Waals surface area (Å²) in [5.41, 5.74) is 1.46. The van der Waals surface area contributed by atoms with Crippen molar-refractivity contribution in [2.45, 2.75) is 5.92 Å². The van der Waals surface area contributed by atoms with Gasteiger partial charge in [0.2, 0.25) is 0 Å². The van der Waals surface area contributed by atoms with E-state index in [2.05, 4.69) is 0 Å². The first-order valence-corrected chi connectivity index (χ1v) is 7.51. The number of ether oxygens (including phenoxy) is 4. The quantitative estimate of drug-likeness (QED) is 0.853. The topological polar surface area (TPSA) is 54.0 Å². The van der Waals surface area contributed by atoms with Crippen molar-refractivity contribution in [3.63, 3.8) is 0 Å². The van der Waals surface area contributed by atoms with Crippen molar-refractivity contribution in [2.24, 2.45) is 0 Å². The van der Waals surface area contributed by atoms with Crippen molar-refractivity contribution in [3.8, 4) is 23.0 Å². The normalized spacial score (nSPS) is 18.8. The lowest BCUT2D eigenvalue weighted by molar-refractivity contribution is 0.0895. The maximum absolute atomic E-state index is 12.8. The molecule has 0 unspecified atom stereocenters. The zero-order chi connectivity index (χ0) is 15.8. The fraction of sp³-hybridized carbons (Fsp3) is 0.278. The summed E-state index contributed by atoms with van der Waals surface area (Å²) in [6.07, 6.45) is 0. The molecule has 2 aliphatic rings. The molecule has 1 atom stereocenters. The van der Waals surface area contributed by atoms with Crippen LogP contribution in [0.3, 0.4) is 0 Å². The molecule has 0 saturated heterocycles. The highest BCUT2D eigenvalue weighted by Gasteiger charge is 2.31. The smallest absolute Gasteiger partial charge is 0.177 e. The largest absolute Gasteiger partial charge is 0.497 e. The van der Waals surface area contributed by atoms with Gasteiger partial charge in [-0.05, 0) is 29.8 Å². The third kappa shape index (κ3) is 2.38. The Morgan fingerprint density at radius 2 is 1.78 bits per heavy atom. The van der Waals surface area contributed by atoms with E-state index >= 15 is 0 Å². The number of ketones is 1. The summed E-state index contributed by atoms with van der Waals surface area (Å²) < 4.78 is 22.1. The SMILES string of the molecule is COc1ccc2c(c1)OC[C@H](c1ccc3c(c1)OCCO3)C2=O. The van der Waals surface area contributed by atoms with Crippen LogP contribution in [0.15, 0.2) is 36.4 Å². The molecule has 2 aromatic carbocycles. The predicted molar refractivity (Wildman–Crippen MR) is 83.0 cm³/mol. The average Bonchev–Trinajstić information content (AvgIpc) is 2.61. The van der Waals surface area contributed by atoms with Gasteiger partial charge >= 0.3 is 0 Å². The van der Waals surface area contributed by atoms with Crippen LogP contribution in [0.1, 0.15) is 21.8 Å². The van der Waals surface area contributed by atoms with Crippen LogP contribution < -0.4 is 18.9 Å². The van der Waals surface area contributed by atoms with Gasteiger partial charge in [0, 0.05) is 6.07 Å². The lowest BCUT2D eigenvalue weighted by atomic mass is 9.88. The molecule has 2 heterocycles. The molecule has 0 spiro atoms. The minimum atomic E-state index is -0.341. The Balaban J connectivity index is 1.67. The highest BCUT2D eigenvalue weighted by molar-refractivity contribution is 6.04. The lowest BCUT2D eigenvalue weighted by Gasteiger charge is -2.26. The Morgan fingerprint density at radius 3 is 2.61 bits per heavy atom. The summed E-state index contributed by atoms with van der Waals surface area (Å²) in [6.45, 7) is 1.37. The standard InChI is InChI=1S/C18H16O5/c1-20-12-3-4-13-16(9-12)23-10-14(18(13)19)11-2-5-15-17(8-11)22-7-6-21-15/h2-5,8-9,14H,6-7,10H2,1H3/t14-/m1/s1. The molecule has 2 aromatic rings. The van der Waals surface area contributed by atoms with Crippen molar-refractivity contribution in [2.75, 3.05) is 26.9 Å². The number of hydrogen-bond acceptors (Lipinski definition) is 5. The average molecular weight is 312 g/mol. The van der Waals surface area contributed by atoms with Gasteiger partial charge in [-0.3, -0.25) is 4.79 Å². The van der Waals surface area contributed by atoms with E-state index in [9.17, 15) is 4.79 Å². The zero-order valence-corrected chi connectivity index (χ0v) is 12.7. The molecule has 5 nitrogen and oxygen atoms in total. The maximum Gasteiger partial charge on any atom is 0.177 e. The van der Waals surface area contributed by atoms with Gasteiger partial charge in [0.15, 0.2) is 17.3 Å². The molecular weight excluding hydrogens is 296 g/mol. The van der Waals surface area contributed by atoms with Crippen LogP contribution in [0, 0.1) is 0 Å². The molecule has 5 heteroatoms. The summed E-state index contributed by atoms with van der Waals surface area (Å²) in [5, 5.41) is 0. The van der Waals surface area contributed by atoms with Crippen LogP contribution in [-0.2, 0) is 0 Å². The molecule has 0 bridgehead atoms. The third-order valence-corrected chi connectivity index (χ3v) is 4.14. The van der Waals surface area contributed by atoms with E-state index in [1.807, 2.05) is 18.2 Å². The second kappa shape index (κ2) is 5.50. The van der Waals surface area contributed by atoms with E-state index in [0.29, 0.717) is 48.4 Å². The first kappa shape index (κ1) is 13.9. The number of hydrogen-bond donors (Lipinski definition) is 0. The van der Waals surface area contributed by atoms with Crippen molar-refractivity contribution < 1.29 is 23.7 Å². The van der Waals surface area contributed by atoms with Gasteiger partial charge in [0.25, 0.3) is 0 Å². The number of carbonyl (C=O) groups is 1. The van der Waals surface area contributed by atoms with Gasteiger partial charge in [-0.15, -0.1) is 0 Å². The highest BCUT2D eigenvalue weighted by Crippen LogP contribution is 2.38. The highest BCUT2D eigenvalue weighted by atomic mass is 16.6. The van der Waals surface area contributed by atoms with E-state index in [4.69, 9.17) is 18.9 Å². The number of Topliss-reactive ketones (excluding diaryl/α,β-unsaturated/α-hetero) is 1. The van der Waals surface area contributed by atoms with E-state index in [-0.39, 0.29) is 11.7 Å². The van der Waals surface area contributed by atoms with Crippen LogP contribution >= 0.6 is 0 Å². The third-order valence-electron chi connectivity index (χ3n) is 4.14. The molecule has 0 saturated carbocycles. The van der Waals surface area contributed by atoms with Crippen LogP contribution in [0.25, 0.3) is 0 Å².